The van der Waals surface area contributed by atoms with Crippen molar-refractivity contribution in [2.24, 2.45) is 0 Å². The molecule has 1 atom stereocenters. The van der Waals surface area contributed by atoms with Crippen LogP contribution < -0.4 is 5.32 Å². The molecule has 16 heteroatoms. The van der Waals surface area contributed by atoms with Gasteiger partial charge in [0.1, 0.15) is 6.04 Å². The van der Waals surface area contributed by atoms with Crippen LogP contribution in [0.1, 0.15) is 18.1 Å². The van der Waals surface area contributed by atoms with Crippen molar-refractivity contribution in [3.8, 4) is 0 Å². The number of halogens is 9. The van der Waals surface area contributed by atoms with E-state index in [0.29, 0.717) is 4.90 Å². The third kappa shape index (κ3) is 7.80. The molecule has 1 fully saturated rings. The molecule has 0 aromatic heterocycles. The third-order valence-electron chi connectivity index (χ3n) is 5.02. The SMILES string of the molecule is C[C@@H](Nc1cc(C(F)(F)F)ccc1CN1CCN(C(=O)OC(C(F)(F)F)C(F)(F)F)CC1)C(=O)O. The average molecular weight is 525 g/mol. The van der Waals surface area contributed by atoms with E-state index in [0.717, 1.165) is 18.2 Å². The van der Waals surface area contributed by atoms with E-state index in [2.05, 4.69) is 10.1 Å². The molecule has 0 bridgehead atoms. The van der Waals surface area contributed by atoms with Crippen molar-refractivity contribution in [1.82, 2.24) is 9.80 Å². The number of amides is 1. The van der Waals surface area contributed by atoms with Crippen molar-refractivity contribution in [1.29, 1.82) is 0 Å². The first-order chi connectivity index (χ1) is 15.9. The fourth-order valence-corrected chi connectivity index (χ4v) is 3.14. The zero-order valence-corrected chi connectivity index (χ0v) is 17.9. The minimum absolute atomic E-state index is 0.0383. The van der Waals surface area contributed by atoms with E-state index < -0.39 is 48.3 Å². The molecule has 35 heavy (non-hydrogen) atoms. The summed E-state index contributed by atoms with van der Waals surface area (Å²) in [4.78, 5) is 25.2. The molecule has 1 saturated heterocycles. The Morgan fingerprint density at radius 1 is 1.00 bits per heavy atom. The Balaban J connectivity index is 2.08. The van der Waals surface area contributed by atoms with Gasteiger partial charge < -0.3 is 20.1 Å². The van der Waals surface area contributed by atoms with Crippen LogP contribution in [0.3, 0.4) is 0 Å². The number of nitrogens with zero attached hydrogens (tertiary/aromatic N) is 2. The van der Waals surface area contributed by atoms with Gasteiger partial charge in [-0.25, -0.2) is 4.79 Å². The fourth-order valence-electron chi connectivity index (χ4n) is 3.14. The highest BCUT2D eigenvalue weighted by Gasteiger charge is 2.60. The second-order valence-electron chi connectivity index (χ2n) is 7.68. The van der Waals surface area contributed by atoms with Crippen LogP contribution in [0.5, 0.6) is 0 Å². The highest BCUT2D eigenvalue weighted by Crippen LogP contribution is 2.36. The molecule has 1 amide bonds. The molecular formula is C19H20F9N3O4. The largest absolute Gasteiger partial charge is 0.480 e. The Morgan fingerprint density at radius 2 is 1.54 bits per heavy atom. The first-order valence-electron chi connectivity index (χ1n) is 9.90. The summed E-state index contributed by atoms with van der Waals surface area (Å²) in [6, 6.07) is 1.40. The number of nitrogens with one attached hydrogen (secondary N) is 1. The Bertz CT molecular complexity index is 896. The normalized spacial score (nSPS) is 16.8. The average Bonchev–Trinajstić information content (AvgIpc) is 2.71. The number of hydrogen-bond donors (Lipinski definition) is 2. The molecule has 198 valence electrons. The lowest BCUT2D eigenvalue weighted by molar-refractivity contribution is -0.308. The first kappa shape index (κ1) is 28.3. The van der Waals surface area contributed by atoms with Crippen molar-refractivity contribution in [2.75, 3.05) is 31.5 Å². The second kappa shape index (κ2) is 10.4. The van der Waals surface area contributed by atoms with Crippen LogP contribution in [0.25, 0.3) is 0 Å². The topological polar surface area (TPSA) is 82.1 Å². The molecular weight excluding hydrogens is 505 g/mol. The van der Waals surface area contributed by atoms with Crippen molar-refractivity contribution in [3.63, 3.8) is 0 Å². The molecule has 7 nitrogen and oxygen atoms in total. The van der Waals surface area contributed by atoms with Gasteiger partial charge in [-0.3, -0.25) is 9.69 Å². The molecule has 0 aliphatic carbocycles. The zero-order chi connectivity index (χ0) is 26.8. The number of piperazine rings is 1. The summed E-state index contributed by atoms with van der Waals surface area (Å²) in [5, 5.41) is 11.5. The van der Waals surface area contributed by atoms with E-state index in [1.54, 1.807) is 4.90 Å². The molecule has 1 aliphatic rings. The van der Waals surface area contributed by atoms with E-state index in [1.807, 2.05) is 0 Å². The lowest BCUT2D eigenvalue weighted by atomic mass is 10.1. The quantitative estimate of drug-likeness (QED) is 0.538. The number of hydrogen-bond acceptors (Lipinski definition) is 5. The third-order valence-corrected chi connectivity index (χ3v) is 5.02. The van der Waals surface area contributed by atoms with Crippen LogP contribution in [0.4, 0.5) is 50.0 Å². The molecule has 1 heterocycles. The lowest BCUT2D eigenvalue weighted by Gasteiger charge is -2.35. The molecule has 1 aliphatic heterocycles. The van der Waals surface area contributed by atoms with Gasteiger partial charge in [-0.2, -0.15) is 39.5 Å². The minimum Gasteiger partial charge on any atom is -0.480 e. The fraction of sp³-hybridized carbons (Fsp3) is 0.579. The number of carbonyl (C=O) groups is 2. The molecule has 1 aromatic rings. The minimum atomic E-state index is -5.85. The molecule has 0 spiro atoms. The summed E-state index contributed by atoms with van der Waals surface area (Å²) >= 11 is 0. The Kier molecular flexibility index (Phi) is 8.40. The molecule has 0 radical (unpaired) electrons. The highest BCUT2D eigenvalue weighted by atomic mass is 19.4. The molecule has 1 aromatic carbocycles. The second-order valence-corrected chi connectivity index (χ2v) is 7.68. The van der Waals surface area contributed by atoms with Gasteiger partial charge in [0.15, 0.2) is 0 Å². The Morgan fingerprint density at radius 3 is 2.00 bits per heavy atom. The summed E-state index contributed by atoms with van der Waals surface area (Å²) in [5.41, 5.74) is -0.885. The van der Waals surface area contributed by atoms with Crippen LogP contribution in [0, 0.1) is 0 Å². The van der Waals surface area contributed by atoms with Gasteiger partial charge in [0, 0.05) is 38.4 Å². The van der Waals surface area contributed by atoms with Crippen molar-refractivity contribution in [3.05, 3.63) is 29.3 Å². The molecule has 0 unspecified atom stereocenters. The van der Waals surface area contributed by atoms with E-state index in [9.17, 15) is 49.1 Å². The predicted molar refractivity (Wildman–Crippen MR) is 101 cm³/mol. The Labute approximate surface area is 192 Å². The predicted octanol–water partition coefficient (Wildman–Crippen LogP) is 4.34. The maximum absolute atomic E-state index is 13.1. The number of carboxylic acid groups (broad SMARTS) is 1. The van der Waals surface area contributed by atoms with E-state index in [-0.39, 0.29) is 44.0 Å². The van der Waals surface area contributed by atoms with Gasteiger partial charge in [-0.15, -0.1) is 0 Å². The van der Waals surface area contributed by atoms with Crippen LogP contribution in [-0.2, 0) is 22.3 Å². The van der Waals surface area contributed by atoms with Gasteiger partial charge in [-0.05, 0) is 24.6 Å². The number of carboxylic acids is 1. The maximum atomic E-state index is 13.1. The zero-order valence-electron chi connectivity index (χ0n) is 17.9. The van der Waals surface area contributed by atoms with E-state index in [1.165, 1.54) is 6.92 Å². The highest BCUT2D eigenvalue weighted by molar-refractivity contribution is 5.77. The standard InChI is InChI=1S/C19H20F9N3O4/c1-10(14(32)33)29-13-8-12(17(20,21)22)3-2-11(13)9-30-4-6-31(7-5-30)16(34)35-15(18(23,24)25)19(26,27)28/h2-3,8,10,15,29H,4-7,9H2,1H3,(H,32,33)/t10-/m1/s1. The smallest absolute Gasteiger partial charge is 0.434 e. The maximum Gasteiger partial charge on any atom is 0.434 e. The van der Waals surface area contributed by atoms with E-state index >= 15 is 0 Å². The number of rotatable bonds is 6. The van der Waals surface area contributed by atoms with Crippen LogP contribution >= 0.6 is 0 Å². The van der Waals surface area contributed by atoms with Crippen LogP contribution in [0.2, 0.25) is 0 Å². The van der Waals surface area contributed by atoms with Crippen LogP contribution in [-0.4, -0.2) is 77.6 Å². The Hall–Kier alpha value is -2.91. The number of alkyl halides is 9. The van der Waals surface area contributed by atoms with Crippen molar-refractivity contribution in [2.45, 2.75) is 44.1 Å². The van der Waals surface area contributed by atoms with Gasteiger partial charge in [0.2, 0.25) is 0 Å². The summed E-state index contributed by atoms with van der Waals surface area (Å²) < 4.78 is 118. The summed E-state index contributed by atoms with van der Waals surface area (Å²) in [6.45, 7) is 0.460. The number of anilines is 1. The van der Waals surface area contributed by atoms with Crippen molar-refractivity contribution < 1.29 is 58.9 Å². The molecule has 2 rings (SSSR count). The van der Waals surface area contributed by atoms with Gasteiger partial charge in [0.25, 0.3) is 6.10 Å². The summed E-state index contributed by atoms with van der Waals surface area (Å²) in [7, 11) is 0. The van der Waals surface area contributed by atoms with Gasteiger partial charge in [-0.1, -0.05) is 6.07 Å². The van der Waals surface area contributed by atoms with Crippen molar-refractivity contribution >= 4 is 17.7 Å². The summed E-state index contributed by atoms with van der Waals surface area (Å²) in [5.74, 6) is -1.32. The number of carbonyl (C=O) groups excluding carboxylic acids is 1. The lowest BCUT2D eigenvalue weighted by Crippen LogP contribution is -2.52. The van der Waals surface area contributed by atoms with E-state index in [4.69, 9.17) is 5.11 Å². The van der Waals surface area contributed by atoms with Gasteiger partial charge >= 0.3 is 30.6 Å². The molecule has 0 saturated carbocycles. The number of aliphatic carboxylic acids is 1. The summed E-state index contributed by atoms with van der Waals surface area (Å²) in [6.07, 6.45) is -22.5. The molecule has 2 N–H and O–H groups in total. The monoisotopic (exact) mass is 525 g/mol. The number of benzene rings is 1. The van der Waals surface area contributed by atoms with Gasteiger partial charge in [0.05, 0.1) is 5.56 Å². The first-order valence-corrected chi connectivity index (χ1v) is 9.90. The van der Waals surface area contributed by atoms with Crippen LogP contribution in [0.15, 0.2) is 18.2 Å². The number of ether oxygens (including phenoxy) is 1.